The van der Waals surface area contributed by atoms with E-state index < -0.39 is 6.10 Å². The number of carbonyl (C=O) groups is 3. The fourth-order valence-electron chi connectivity index (χ4n) is 9.32. The lowest BCUT2D eigenvalue weighted by Gasteiger charge is -2.18. The molecule has 0 aliphatic carbocycles. The van der Waals surface area contributed by atoms with Gasteiger partial charge in [-0.05, 0) is 128 Å². The summed E-state index contributed by atoms with van der Waals surface area (Å²) in [6.07, 6.45) is 97.6. The van der Waals surface area contributed by atoms with Crippen molar-refractivity contribution in [3.05, 3.63) is 134 Å². The molecule has 0 radical (unpaired) electrons. The molecule has 6 nitrogen and oxygen atoms in total. The fraction of sp³-hybridized carbons (Fsp3) is 0.671. The van der Waals surface area contributed by atoms with Crippen LogP contribution in [-0.4, -0.2) is 37.2 Å². The van der Waals surface area contributed by atoms with E-state index in [1.54, 1.807) is 0 Å². The number of unbranched alkanes of at least 4 members (excludes halogenated alkanes) is 28. The highest BCUT2D eigenvalue weighted by Gasteiger charge is 2.19. The summed E-state index contributed by atoms with van der Waals surface area (Å²) in [6.45, 7) is 6.36. The molecule has 1 atom stereocenters. The van der Waals surface area contributed by atoms with Crippen LogP contribution in [0.5, 0.6) is 0 Å². The smallest absolute Gasteiger partial charge is 0.306 e. The Balaban J connectivity index is 4.24. The van der Waals surface area contributed by atoms with Crippen molar-refractivity contribution in [1.82, 2.24) is 0 Å². The van der Waals surface area contributed by atoms with Crippen LogP contribution < -0.4 is 0 Å². The zero-order valence-corrected chi connectivity index (χ0v) is 53.5. The highest BCUT2D eigenvalue weighted by atomic mass is 16.6. The monoisotopic (exact) mass is 1130 g/mol. The number of allylic oxidation sites excluding steroid dienone is 22. The molecule has 466 valence electrons. The molecule has 0 bridgehead atoms. The van der Waals surface area contributed by atoms with Gasteiger partial charge in [0.05, 0.1) is 0 Å². The van der Waals surface area contributed by atoms with Crippen molar-refractivity contribution in [2.45, 2.75) is 316 Å². The molecule has 0 aromatic heterocycles. The molecule has 82 heavy (non-hydrogen) atoms. The van der Waals surface area contributed by atoms with E-state index >= 15 is 0 Å². The van der Waals surface area contributed by atoms with Crippen LogP contribution in [-0.2, 0) is 28.6 Å². The van der Waals surface area contributed by atoms with E-state index in [0.29, 0.717) is 19.3 Å². The van der Waals surface area contributed by atoms with Gasteiger partial charge in [0, 0.05) is 19.3 Å². The Morgan fingerprint density at radius 1 is 0.256 bits per heavy atom. The summed E-state index contributed by atoms with van der Waals surface area (Å²) in [4.78, 5) is 38.3. The third kappa shape index (κ3) is 66.4. The van der Waals surface area contributed by atoms with E-state index in [2.05, 4.69) is 154 Å². The average molecular weight is 1140 g/mol. The summed E-state index contributed by atoms with van der Waals surface area (Å²) >= 11 is 0. The lowest BCUT2D eigenvalue weighted by Crippen LogP contribution is -2.30. The molecule has 0 amide bonds. The average Bonchev–Trinajstić information content (AvgIpc) is 3.48. The van der Waals surface area contributed by atoms with Crippen molar-refractivity contribution in [1.29, 1.82) is 0 Å². The molecule has 6 heteroatoms. The third-order valence-corrected chi connectivity index (χ3v) is 14.4. The second kappa shape index (κ2) is 69.0. The molecule has 0 N–H and O–H groups in total. The Hall–Kier alpha value is -4.45. The molecule has 0 spiro atoms. The molecule has 0 fully saturated rings. The van der Waals surface area contributed by atoms with Crippen molar-refractivity contribution < 1.29 is 28.6 Å². The van der Waals surface area contributed by atoms with E-state index in [1.807, 2.05) is 0 Å². The fourth-order valence-corrected chi connectivity index (χ4v) is 9.32. The van der Waals surface area contributed by atoms with Gasteiger partial charge in [-0.1, -0.05) is 296 Å². The molecule has 0 aromatic carbocycles. The first-order valence-corrected chi connectivity index (χ1v) is 34.2. The molecule has 1 unspecified atom stereocenters. The van der Waals surface area contributed by atoms with Gasteiger partial charge in [0.25, 0.3) is 0 Å². The van der Waals surface area contributed by atoms with Crippen molar-refractivity contribution in [2.75, 3.05) is 13.2 Å². The second-order valence-corrected chi connectivity index (χ2v) is 22.3. The Kier molecular flexibility index (Phi) is 65.3. The molecule has 0 saturated carbocycles. The minimum Gasteiger partial charge on any atom is -0.462 e. The molecule has 0 rings (SSSR count). The van der Waals surface area contributed by atoms with Crippen molar-refractivity contribution in [3.63, 3.8) is 0 Å². The largest absolute Gasteiger partial charge is 0.462 e. The predicted octanol–water partition coefficient (Wildman–Crippen LogP) is 23.7. The van der Waals surface area contributed by atoms with Gasteiger partial charge in [0.1, 0.15) is 13.2 Å². The van der Waals surface area contributed by atoms with Gasteiger partial charge >= 0.3 is 17.9 Å². The minimum absolute atomic E-state index is 0.0851. The normalized spacial score (nSPS) is 13.0. The first-order valence-electron chi connectivity index (χ1n) is 34.2. The lowest BCUT2D eigenvalue weighted by atomic mass is 10.0. The SMILES string of the molecule is CC/C=C\C/C=C\C/C=C\C/C=C\C/C=C\CCCCCCCCCCCCCC(=O)OCC(COC(=O)CCCCCCC/C=C\CCC)OC(=O)CCCCCCCCCCCCC/C=C\C/C=C\C/C=C\C/C=C\C/C=C\CC. The van der Waals surface area contributed by atoms with Crippen molar-refractivity contribution in [3.8, 4) is 0 Å². The molecule has 0 aliphatic heterocycles. The van der Waals surface area contributed by atoms with Gasteiger partial charge in [-0.2, -0.15) is 0 Å². The lowest BCUT2D eigenvalue weighted by molar-refractivity contribution is -0.167. The highest BCUT2D eigenvalue weighted by molar-refractivity contribution is 5.71. The topological polar surface area (TPSA) is 78.9 Å². The van der Waals surface area contributed by atoms with Gasteiger partial charge in [0.2, 0.25) is 0 Å². The quantitative estimate of drug-likeness (QED) is 0.0261. The summed E-state index contributed by atoms with van der Waals surface area (Å²) in [5, 5.41) is 0. The van der Waals surface area contributed by atoms with Crippen LogP contribution in [0, 0.1) is 0 Å². The van der Waals surface area contributed by atoms with E-state index in [9.17, 15) is 14.4 Å². The van der Waals surface area contributed by atoms with E-state index in [0.717, 1.165) is 141 Å². The second-order valence-electron chi connectivity index (χ2n) is 22.3. The summed E-state index contributed by atoms with van der Waals surface area (Å²) in [6, 6.07) is 0. The van der Waals surface area contributed by atoms with Gasteiger partial charge in [0.15, 0.2) is 6.10 Å². The predicted molar refractivity (Wildman–Crippen MR) is 357 cm³/mol. The van der Waals surface area contributed by atoms with E-state index in [1.165, 1.54) is 128 Å². The number of carbonyl (C=O) groups excluding carboxylic acids is 3. The molecule has 0 aromatic rings. The van der Waals surface area contributed by atoms with Crippen LogP contribution in [0.3, 0.4) is 0 Å². The van der Waals surface area contributed by atoms with Crippen molar-refractivity contribution >= 4 is 17.9 Å². The summed E-state index contributed by atoms with van der Waals surface area (Å²) < 4.78 is 16.9. The number of ether oxygens (including phenoxy) is 3. The van der Waals surface area contributed by atoms with Crippen LogP contribution in [0.25, 0.3) is 0 Å². The number of esters is 3. The van der Waals surface area contributed by atoms with Crippen molar-refractivity contribution in [2.24, 2.45) is 0 Å². The number of hydrogen-bond donors (Lipinski definition) is 0. The summed E-state index contributed by atoms with van der Waals surface area (Å²) in [5.41, 5.74) is 0. The summed E-state index contributed by atoms with van der Waals surface area (Å²) in [5.74, 6) is -0.896. The van der Waals surface area contributed by atoms with Crippen LogP contribution in [0.4, 0.5) is 0 Å². The molecular weight excluding hydrogens is 1010 g/mol. The van der Waals surface area contributed by atoms with Gasteiger partial charge in [-0.15, -0.1) is 0 Å². The first kappa shape index (κ1) is 77.5. The number of hydrogen-bond acceptors (Lipinski definition) is 6. The molecule has 0 heterocycles. The maximum absolute atomic E-state index is 12.9. The highest BCUT2D eigenvalue weighted by Crippen LogP contribution is 2.16. The maximum Gasteiger partial charge on any atom is 0.306 e. The molecule has 0 saturated heterocycles. The van der Waals surface area contributed by atoms with Gasteiger partial charge in [-0.25, -0.2) is 0 Å². The molecule has 0 aliphatic rings. The third-order valence-electron chi connectivity index (χ3n) is 14.4. The minimum atomic E-state index is -0.789. The zero-order valence-electron chi connectivity index (χ0n) is 53.5. The Bertz CT molecular complexity index is 1730. The van der Waals surface area contributed by atoms with Crippen LogP contribution >= 0.6 is 0 Å². The van der Waals surface area contributed by atoms with Crippen LogP contribution in [0.1, 0.15) is 310 Å². The van der Waals surface area contributed by atoms with Crippen LogP contribution in [0.15, 0.2) is 134 Å². The van der Waals surface area contributed by atoms with Gasteiger partial charge < -0.3 is 14.2 Å². The van der Waals surface area contributed by atoms with E-state index in [-0.39, 0.29) is 31.1 Å². The first-order chi connectivity index (χ1) is 40.5. The molecular formula is C76H126O6. The summed E-state index contributed by atoms with van der Waals surface area (Å²) in [7, 11) is 0. The van der Waals surface area contributed by atoms with E-state index in [4.69, 9.17) is 14.2 Å². The maximum atomic E-state index is 12.9. The Morgan fingerprint density at radius 2 is 0.476 bits per heavy atom. The Labute approximate surface area is 506 Å². The van der Waals surface area contributed by atoms with Crippen LogP contribution in [0.2, 0.25) is 0 Å². The number of rotatable bonds is 61. The standard InChI is InChI=1S/C76H126O6/c1-4-7-10-13-16-19-22-24-26-28-30-32-34-36-38-40-42-44-46-48-50-52-54-57-60-63-66-69-75(78)81-72-73(71-80-74(77)68-65-62-59-56-21-18-15-12-9-6-3)82-76(79)70-67-64-61-58-55-53-51-49-47-45-43-41-39-37-35-33-31-29-27-25-23-20-17-14-11-8-5-2/h7-8,10-12,15-17,19-20,24-27,30-33,36-39,73H,4-6,9,13-14,18,21-23,28-29,34-35,40-72H2,1-3H3/b10-7-,11-8-,15-12-,19-16-,20-17-,26-24-,27-25-,32-30-,33-31-,38-36-,39-37-. The van der Waals surface area contributed by atoms with Gasteiger partial charge in [-0.3, -0.25) is 14.4 Å². The zero-order chi connectivity index (χ0) is 59.2. The Morgan fingerprint density at radius 3 is 0.756 bits per heavy atom.